The van der Waals surface area contributed by atoms with Crippen LogP contribution in [0.2, 0.25) is 0 Å². The number of carbonyl (C=O) groups excluding carboxylic acids is 2. The molecule has 0 aliphatic rings. The molecule has 0 aromatic carbocycles. The summed E-state index contributed by atoms with van der Waals surface area (Å²) in [5.41, 5.74) is 0. The van der Waals surface area contributed by atoms with Crippen LogP contribution in [0.25, 0.3) is 0 Å². The Morgan fingerprint density at radius 1 is 0.478 bits per heavy atom. The topological polar surface area (TPSA) is 111 Å². The van der Waals surface area contributed by atoms with Gasteiger partial charge >= 0.3 is 11.9 Å². The molecule has 0 saturated carbocycles. The maximum absolute atomic E-state index is 12.7. The van der Waals surface area contributed by atoms with Crippen molar-refractivity contribution in [1.82, 2.24) is 0 Å². The van der Waals surface area contributed by atoms with E-state index in [1.807, 2.05) is 21.1 Å². The number of rotatable bonds is 50. The lowest BCUT2D eigenvalue weighted by Crippen LogP contribution is -2.37. The maximum atomic E-state index is 12.7. The van der Waals surface area contributed by atoms with Gasteiger partial charge in [-0.15, -0.1) is 0 Å². The number of ether oxygens (including phenoxy) is 2. The Bertz CT molecular complexity index is 1320. The first-order valence-electron chi connectivity index (χ1n) is 27.5. The fourth-order valence-corrected chi connectivity index (χ4v) is 8.29. The molecule has 0 amide bonds. The van der Waals surface area contributed by atoms with Crippen molar-refractivity contribution in [2.24, 2.45) is 0 Å². The lowest BCUT2D eigenvalue weighted by Gasteiger charge is -2.28. The molecular weight excluding hydrogens is 858 g/mol. The Balaban J connectivity index is 3.82. The Morgan fingerprint density at radius 3 is 1.27 bits per heavy atom. The van der Waals surface area contributed by atoms with E-state index in [2.05, 4.69) is 74.6 Å². The van der Waals surface area contributed by atoms with Crippen LogP contribution in [0, 0.1) is 0 Å². The zero-order valence-electron chi connectivity index (χ0n) is 44.1. The molecule has 0 N–H and O–H groups in total. The van der Waals surface area contributed by atoms with E-state index in [9.17, 15) is 19.0 Å². The number of esters is 2. The molecule has 0 spiro atoms. The first kappa shape index (κ1) is 64.7. The minimum Gasteiger partial charge on any atom is -0.756 e. The highest BCUT2D eigenvalue weighted by Gasteiger charge is 2.21. The first-order chi connectivity index (χ1) is 32.5. The van der Waals surface area contributed by atoms with Crippen LogP contribution in [-0.2, 0) is 32.7 Å². The molecule has 9 nitrogen and oxygen atoms in total. The number of phosphoric ester groups is 1. The molecule has 0 radical (unpaired) electrons. The molecule has 0 aliphatic carbocycles. The molecule has 0 fully saturated rings. The highest BCUT2D eigenvalue weighted by atomic mass is 31.2. The molecule has 2 unspecified atom stereocenters. The summed E-state index contributed by atoms with van der Waals surface area (Å²) in [6.07, 6.45) is 61.9. The highest BCUT2D eigenvalue weighted by Crippen LogP contribution is 2.38. The normalized spacial score (nSPS) is 13.8. The summed E-state index contributed by atoms with van der Waals surface area (Å²) in [7, 11) is 1.17. The van der Waals surface area contributed by atoms with Crippen LogP contribution in [0.5, 0.6) is 0 Å². The quantitative estimate of drug-likeness (QED) is 0.0195. The van der Waals surface area contributed by atoms with E-state index in [1.54, 1.807) is 0 Å². The van der Waals surface area contributed by atoms with Crippen molar-refractivity contribution in [3.63, 3.8) is 0 Å². The lowest BCUT2D eigenvalue weighted by molar-refractivity contribution is -0.870. The monoisotopic (exact) mass is 962 g/mol. The number of hydrogen-bond acceptors (Lipinski definition) is 8. The van der Waals surface area contributed by atoms with Gasteiger partial charge in [0.25, 0.3) is 7.82 Å². The molecule has 390 valence electrons. The number of phosphoric acid groups is 1. The molecule has 0 aromatic rings. The zero-order valence-corrected chi connectivity index (χ0v) is 45.0. The predicted molar refractivity (Wildman–Crippen MR) is 282 cm³/mol. The van der Waals surface area contributed by atoms with E-state index in [-0.39, 0.29) is 26.1 Å². The average Bonchev–Trinajstić information content (AvgIpc) is 3.29. The maximum Gasteiger partial charge on any atom is 0.306 e. The van der Waals surface area contributed by atoms with E-state index in [0.717, 1.165) is 70.6 Å². The lowest BCUT2D eigenvalue weighted by atomic mass is 10.0. The van der Waals surface area contributed by atoms with Gasteiger partial charge in [-0.1, -0.05) is 229 Å². The van der Waals surface area contributed by atoms with Gasteiger partial charge in [-0.25, -0.2) is 0 Å². The predicted octanol–water partition coefficient (Wildman–Crippen LogP) is 16.1. The standard InChI is InChI=1S/C57H104NO8P/c1-6-8-10-12-14-15-16-17-18-19-20-21-22-23-24-25-26-27-28-29-30-31-32-33-34-35-36-37-38-39-40-41-42-43-44-46-48-50-57(60)66-55(53-63-56(59)49-47-45-13-11-9-7-2)54-65-67(61,62)64-52-51-58(3,4)5/h8,10,14-15,17-18,20-21,23-24,55H,6-7,9,11-13,16,19,22,25-54H2,1-5H3/b10-8-,15-14-,18-17-,21-20-,24-23-. The smallest absolute Gasteiger partial charge is 0.306 e. The Kier molecular flexibility index (Phi) is 47.1. The van der Waals surface area contributed by atoms with E-state index >= 15 is 0 Å². The van der Waals surface area contributed by atoms with E-state index < -0.39 is 32.5 Å². The van der Waals surface area contributed by atoms with Crippen LogP contribution in [0.3, 0.4) is 0 Å². The molecule has 0 saturated heterocycles. The highest BCUT2D eigenvalue weighted by molar-refractivity contribution is 7.45. The van der Waals surface area contributed by atoms with Crippen LogP contribution in [0.1, 0.15) is 239 Å². The summed E-state index contributed by atoms with van der Waals surface area (Å²) in [4.78, 5) is 37.4. The number of quaternary nitrogens is 1. The number of unbranched alkanes of at least 4 members (excludes halogenated alkanes) is 26. The van der Waals surface area contributed by atoms with Crippen LogP contribution >= 0.6 is 7.82 Å². The van der Waals surface area contributed by atoms with Gasteiger partial charge in [0.15, 0.2) is 6.10 Å². The Morgan fingerprint density at radius 2 is 0.851 bits per heavy atom. The molecule has 0 bridgehead atoms. The Labute approximate surface area is 413 Å². The minimum absolute atomic E-state index is 0.0295. The molecule has 0 heterocycles. The molecule has 0 aromatic heterocycles. The van der Waals surface area contributed by atoms with Gasteiger partial charge in [0.1, 0.15) is 19.8 Å². The van der Waals surface area contributed by atoms with E-state index in [4.69, 9.17) is 18.5 Å². The van der Waals surface area contributed by atoms with Crippen molar-refractivity contribution in [1.29, 1.82) is 0 Å². The van der Waals surface area contributed by atoms with Crippen LogP contribution in [0.4, 0.5) is 0 Å². The van der Waals surface area contributed by atoms with E-state index in [1.165, 1.54) is 135 Å². The summed E-state index contributed by atoms with van der Waals surface area (Å²) < 4.78 is 33.8. The molecule has 10 heteroatoms. The second-order valence-electron chi connectivity index (χ2n) is 19.6. The van der Waals surface area contributed by atoms with Gasteiger partial charge in [-0.2, -0.15) is 0 Å². The van der Waals surface area contributed by atoms with E-state index in [0.29, 0.717) is 17.4 Å². The van der Waals surface area contributed by atoms with Crippen molar-refractivity contribution >= 4 is 19.8 Å². The van der Waals surface area contributed by atoms with Gasteiger partial charge in [0.05, 0.1) is 27.7 Å². The molecule has 67 heavy (non-hydrogen) atoms. The minimum atomic E-state index is -4.62. The number of hydrogen-bond donors (Lipinski definition) is 0. The molecule has 2 atom stereocenters. The van der Waals surface area contributed by atoms with Crippen molar-refractivity contribution < 1.29 is 42.1 Å². The molecule has 0 aliphatic heterocycles. The summed E-state index contributed by atoms with van der Waals surface area (Å²) in [5, 5.41) is 0. The van der Waals surface area contributed by atoms with Gasteiger partial charge in [0.2, 0.25) is 0 Å². The second kappa shape index (κ2) is 48.7. The van der Waals surface area contributed by atoms with Crippen LogP contribution in [0.15, 0.2) is 60.8 Å². The summed E-state index contributed by atoms with van der Waals surface area (Å²) in [6.45, 7) is 4.06. The number of carbonyl (C=O) groups is 2. The summed E-state index contributed by atoms with van der Waals surface area (Å²) in [5.74, 6) is -0.837. The average molecular weight is 962 g/mol. The van der Waals surface area contributed by atoms with Crippen molar-refractivity contribution in [3.05, 3.63) is 60.8 Å². The fourth-order valence-electron chi connectivity index (χ4n) is 7.57. The third-order valence-corrected chi connectivity index (χ3v) is 12.8. The number of allylic oxidation sites excluding steroid dienone is 10. The fraction of sp³-hybridized carbons (Fsp3) is 0.789. The summed E-state index contributed by atoms with van der Waals surface area (Å²) in [6, 6.07) is 0. The van der Waals surface area contributed by atoms with Crippen molar-refractivity contribution in [3.8, 4) is 0 Å². The SMILES string of the molecule is CC/C=C\C/C=C\C/C=C\C/C=C\C/C=C\CCCCCCCCCCCCCCCCCCCCCCCC(=O)OC(COC(=O)CCCCCCCC)COP(=O)([O-])OCC[N+](C)(C)C. The molecular formula is C57H104NO8P. The zero-order chi connectivity index (χ0) is 49.2. The van der Waals surface area contributed by atoms with Gasteiger partial charge in [-0.05, 0) is 57.8 Å². The van der Waals surface area contributed by atoms with Gasteiger partial charge in [-0.3, -0.25) is 14.2 Å². The number of likely N-dealkylation sites (N-methyl/N-ethyl adjacent to an activating group) is 1. The Hall–Kier alpha value is -2.29. The largest absolute Gasteiger partial charge is 0.756 e. The number of nitrogens with zero attached hydrogens (tertiary/aromatic N) is 1. The van der Waals surface area contributed by atoms with Crippen molar-refractivity contribution in [2.75, 3.05) is 47.5 Å². The molecule has 0 rings (SSSR count). The summed E-state index contributed by atoms with van der Waals surface area (Å²) >= 11 is 0. The van der Waals surface area contributed by atoms with Crippen LogP contribution in [-0.4, -0.2) is 70.0 Å². The van der Waals surface area contributed by atoms with Crippen LogP contribution < -0.4 is 4.89 Å². The second-order valence-corrected chi connectivity index (χ2v) is 21.0. The van der Waals surface area contributed by atoms with Gasteiger partial charge in [0, 0.05) is 12.8 Å². The third-order valence-electron chi connectivity index (χ3n) is 11.8. The van der Waals surface area contributed by atoms with Crippen molar-refractivity contribution in [2.45, 2.75) is 245 Å². The van der Waals surface area contributed by atoms with Gasteiger partial charge < -0.3 is 27.9 Å². The third kappa shape index (κ3) is 52.9. The first-order valence-corrected chi connectivity index (χ1v) is 29.0.